The molecule has 0 aliphatic carbocycles. The SMILES string of the molecule is CCCNc1cc(C(F)(F)F)cc(NCCOCCO)n1. The Bertz CT molecular complexity index is 428. The van der Waals surface area contributed by atoms with Gasteiger partial charge in [0.1, 0.15) is 11.6 Å². The molecule has 0 saturated carbocycles. The average molecular weight is 307 g/mol. The van der Waals surface area contributed by atoms with Gasteiger partial charge in [0.2, 0.25) is 0 Å². The van der Waals surface area contributed by atoms with Crippen LogP contribution in [-0.2, 0) is 10.9 Å². The van der Waals surface area contributed by atoms with Gasteiger partial charge in [-0.05, 0) is 18.6 Å². The number of ether oxygens (including phenoxy) is 1. The van der Waals surface area contributed by atoms with E-state index >= 15 is 0 Å². The lowest BCUT2D eigenvalue weighted by atomic mass is 10.2. The van der Waals surface area contributed by atoms with Gasteiger partial charge in [-0.25, -0.2) is 4.98 Å². The summed E-state index contributed by atoms with van der Waals surface area (Å²) in [6, 6.07) is 1.95. The number of aliphatic hydroxyl groups is 1. The molecule has 0 aromatic carbocycles. The van der Waals surface area contributed by atoms with Gasteiger partial charge < -0.3 is 20.5 Å². The normalized spacial score (nSPS) is 11.5. The molecule has 0 unspecified atom stereocenters. The highest BCUT2D eigenvalue weighted by molar-refractivity contribution is 5.49. The molecule has 0 fully saturated rings. The van der Waals surface area contributed by atoms with Crippen molar-refractivity contribution in [3.8, 4) is 0 Å². The molecule has 0 aliphatic rings. The number of hydrogen-bond donors (Lipinski definition) is 3. The van der Waals surface area contributed by atoms with Crippen LogP contribution in [0.3, 0.4) is 0 Å². The maximum absolute atomic E-state index is 12.8. The Labute approximate surface area is 121 Å². The highest BCUT2D eigenvalue weighted by Crippen LogP contribution is 2.32. The molecule has 0 spiro atoms. The van der Waals surface area contributed by atoms with Gasteiger partial charge in [-0.3, -0.25) is 0 Å². The van der Waals surface area contributed by atoms with Crippen molar-refractivity contribution < 1.29 is 23.0 Å². The van der Waals surface area contributed by atoms with Gasteiger partial charge >= 0.3 is 6.18 Å². The molecule has 1 heterocycles. The van der Waals surface area contributed by atoms with Gasteiger partial charge in [-0.2, -0.15) is 13.2 Å². The first-order valence-electron chi connectivity index (χ1n) is 6.73. The van der Waals surface area contributed by atoms with E-state index in [9.17, 15) is 13.2 Å². The molecule has 0 atom stereocenters. The first-order valence-corrected chi connectivity index (χ1v) is 6.73. The summed E-state index contributed by atoms with van der Waals surface area (Å²) in [5.41, 5.74) is -0.755. The lowest BCUT2D eigenvalue weighted by Crippen LogP contribution is -2.14. The third-order valence-corrected chi connectivity index (χ3v) is 2.50. The number of rotatable bonds is 9. The summed E-state index contributed by atoms with van der Waals surface area (Å²) in [7, 11) is 0. The van der Waals surface area contributed by atoms with Crippen LogP contribution in [-0.4, -0.2) is 43.0 Å². The van der Waals surface area contributed by atoms with Crippen LogP contribution in [0.5, 0.6) is 0 Å². The van der Waals surface area contributed by atoms with Crippen molar-refractivity contribution in [1.82, 2.24) is 4.98 Å². The number of nitrogens with one attached hydrogen (secondary N) is 2. The highest BCUT2D eigenvalue weighted by atomic mass is 19.4. The van der Waals surface area contributed by atoms with Crippen molar-refractivity contribution in [2.45, 2.75) is 19.5 Å². The first kappa shape index (κ1) is 17.5. The Morgan fingerprint density at radius 1 is 1.14 bits per heavy atom. The predicted octanol–water partition coefficient (Wildman–Crippen LogP) is 2.34. The van der Waals surface area contributed by atoms with E-state index in [2.05, 4.69) is 15.6 Å². The van der Waals surface area contributed by atoms with Gasteiger partial charge in [-0.1, -0.05) is 6.92 Å². The molecule has 21 heavy (non-hydrogen) atoms. The summed E-state index contributed by atoms with van der Waals surface area (Å²) in [5.74, 6) is 0.321. The molecule has 0 saturated heterocycles. The summed E-state index contributed by atoms with van der Waals surface area (Å²) < 4.78 is 43.5. The minimum absolute atomic E-state index is 0.0904. The summed E-state index contributed by atoms with van der Waals surface area (Å²) in [5, 5.41) is 14.2. The van der Waals surface area contributed by atoms with Crippen molar-refractivity contribution in [2.75, 3.05) is 43.5 Å². The second-order valence-corrected chi connectivity index (χ2v) is 4.31. The number of aromatic nitrogens is 1. The summed E-state index contributed by atoms with van der Waals surface area (Å²) in [4.78, 5) is 4.08. The van der Waals surface area contributed by atoms with E-state index in [1.807, 2.05) is 6.92 Å². The number of hydrogen-bond acceptors (Lipinski definition) is 5. The standard InChI is InChI=1S/C13H20F3N3O2/c1-2-3-17-11-8-10(13(14,15)16)9-12(19-11)18-4-6-21-7-5-20/h8-9,20H,2-7H2,1H3,(H2,17,18,19). The van der Waals surface area contributed by atoms with E-state index in [-0.39, 0.29) is 31.5 Å². The molecule has 1 aromatic heterocycles. The number of pyridine rings is 1. The molecule has 1 rings (SSSR count). The molecular weight excluding hydrogens is 287 g/mol. The van der Waals surface area contributed by atoms with E-state index in [4.69, 9.17) is 9.84 Å². The van der Waals surface area contributed by atoms with E-state index in [0.29, 0.717) is 13.1 Å². The Kier molecular flexibility index (Phi) is 7.24. The quantitative estimate of drug-likeness (QED) is 0.611. The Balaban J connectivity index is 2.72. The predicted molar refractivity (Wildman–Crippen MR) is 74.4 cm³/mol. The minimum atomic E-state index is -4.42. The van der Waals surface area contributed by atoms with Crippen LogP contribution in [0.25, 0.3) is 0 Å². The van der Waals surface area contributed by atoms with Gasteiger partial charge in [-0.15, -0.1) is 0 Å². The summed E-state index contributed by atoms with van der Waals surface area (Å²) in [6.07, 6.45) is -3.63. The molecule has 8 heteroatoms. The van der Waals surface area contributed by atoms with Crippen molar-refractivity contribution >= 4 is 11.6 Å². The highest BCUT2D eigenvalue weighted by Gasteiger charge is 2.31. The van der Waals surface area contributed by atoms with Crippen LogP contribution in [0.1, 0.15) is 18.9 Å². The molecule has 0 aliphatic heterocycles. The number of aliphatic hydroxyl groups excluding tert-OH is 1. The maximum atomic E-state index is 12.8. The zero-order valence-electron chi connectivity index (χ0n) is 11.8. The van der Waals surface area contributed by atoms with Crippen LogP contribution in [0.15, 0.2) is 12.1 Å². The molecule has 5 nitrogen and oxygen atoms in total. The van der Waals surface area contributed by atoms with Gasteiger partial charge in [0.15, 0.2) is 0 Å². The fourth-order valence-corrected chi connectivity index (χ4v) is 1.55. The summed E-state index contributed by atoms with van der Waals surface area (Å²) in [6.45, 7) is 3.15. The Morgan fingerprint density at radius 2 is 1.76 bits per heavy atom. The lowest BCUT2D eigenvalue weighted by Gasteiger charge is -2.13. The monoisotopic (exact) mass is 307 g/mol. The molecule has 0 bridgehead atoms. The topological polar surface area (TPSA) is 66.4 Å². The fraction of sp³-hybridized carbons (Fsp3) is 0.615. The van der Waals surface area contributed by atoms with Crippen LogP contribution in [0.4, 0.5) is 24.8 Å². The summed E-state index contributed by atoms with van der Waals surface area (Å²) >= 11 is 0. The van der Waals surface area contributed by atoms with Gasteiger partial charge in [0, 0.05) is 13.1 Å². The van der Waals surface area contributed by atoms with Crippen LogP contribution >= 0.6 is 0 Å². The van der Waals surface area contributed by atoms with E-state index in [1.54, 1.807) is 0 Å². The second-order valence-electron chi connectivity index (χ2n) is 4.31. The number of nitrogens with zero attached hydrogens (tertiary/aromatic N) is 1. The van der Waals surface area contributed by atoms with Crippen LogP contribution < -0.4 is 10.6 Å². The first-order chi connectivity index (χ1) is 9.97. The smallest absolute Gasteiger partial charge is 0.394 e. The number of halogens is 3. The Hall–Kier alpha value is -1.54. The molecular formula is C13H20F3N3O2. The average Bonchev–Trinajstić information content (AvgIpc) is 2.44. The zero-order chi connectivity index (χ0) is 15.7. The lowest BCUT2D eigenvalue weighted by molar-refractivity contribution is -0.137. The fourth-order valence-electron chi connectivity index (χ4n) is 1.55. The molecule has 0 radical (unpaired) electrons. The minimum Gasteiger partial charge on any atom is -0.394 e. The second kappa shape index (κ2) is 8.68. The van der Waals surface area contributed by atoms with E-state index < -0.39 is 11.7 Å². The maximum Gasteiger partial charge on any atom is 0.416 e. The third kappa shape index (κ3) is 6.63. The third-order valence-electron chi connectivity index (χ3n) is 2.50. The molecule has 3 N–H and O–H groups in total. The van der Waals surface area contributed by atoms with Crippen molar-refractivity contribution in [1.29, 1.82) is 0 Å². The van der Waals surface area contributed by atoms with Crippen LogP contribution in [0, 0.1) is 0 Å². The van der Waals surface area contributed by atoms with E-state index in [1.165, 1.54) is 0 Å². The number of anilines is 2. The zero-order valence-corrected chi connectivity index (χ0v) is 11.8. The van der Waals surface area contributed by atoms with Gasteiger partial charge in [0.05, 0.1) is 25.4 Å². The van der Waals surface area contributed by atoms with Crippen molar-refractivity contribution in [3.05, 3.63) is 17.7 Å². The Morgan fingerprint density at radius 3 is 2.29 bits per heavy atom. The molecule has 120 valence electrons. The van der Waals surface area contributed by atoms with E-state index in [0.717, 1.165) is 18.6 Å². The number of alkyl halides is 3. The molecule has 0 amide bonds. The van der Waals surface area contributed by atoms with Crippen molar-refractivity contribution in [3.63, 3.8) is 0 Å². The van der Waals surface area contributed by atoms with Gasteiger partial charge in [0.25, 0.3) is 0 Å². The largest absolute Gasteiger partial charge is 0.416 e. The van der Waals surface area contributed by atoms with Crippen LogP contribution in [0.2, 0.25) is 0 Å². The van der Waals surface area contributed by atoms with Crippen molar-refractivity contribution in [2.24, 2.45) is 0 Å². The molecule has 1 aromatic rings.